The third-order valence-electron chi connectivity index (χ3n) is 7.58. The van der Waals surface area contributed by atoms with Gasteiger partial charge in [0.2, 0.25) is 0 Å². The second kappa shape index (κ2) is 10.7. The predicted molar refractivity (Wildman–Crippen MR) is 147 cm³/mol. The number of hydrogen-bond donors (Lipinski definition) is 2. The molecule has 0 amide bonds. The Morgan fingerprint density at radius 3 is 2.70 bits per heavy atom. The van der Waals surface area contributed by atoms with Gasteiger partial charge in [-0.25, -0.2) is 4.98 Å². The molecule has 0 radical (unpaired) electrons. The lowest BCUT2D eigenvalue weighted by atomic mass is 10.1. The van der Waals surface area contributed by atoms with Crippen LogP contribution >= 0.6 is 0 Å². The van der Waals surface area contributed by atoms with Gasteiger partial charge >= 0.3 is 0 Å². The highest BCUT2D eigenvalue weighted by Gasteiger charge is 2.33. The van der Waals surface area contributed by atoms with Crippen LogP contribution < -0.4 is 15.1 Å². The molecule has 3 aliphatic rings. The van der Waals surface area contributed by atoms with Crippen LogP contribution in [0.15, 0.2) is 48.7 Å². The van der Waals surface area contributed by atoms with Gasteiger partial charge in [-0.15, -0.1) is 10.2 Å². The SMILES string of the molecule is Oc1ccccc1-c1cc2c(nn1)NCC1CN(c3ccnc(C#CCN4CCCCCC4)c3)CCN21. The van der Waals surface area contributed by atoms with Gasteiger partial charge in [0, 0.05) is 43.6 Å². The number of hydrogen-bond acceptors (Lipinski definition) is 8. The molecule has 5 heterocycles. The molecule has 3 aromatic rings. The average Bonchev–Trinajstić information content (AvgIpc) is 3.22. The zero-order chi connectivity index (χ0) is 25.0. The second-order valence-electron chi connectivity index (χ2n) is 10.0. The van der Waals surface area contributed by atoms with Crippen molar-refractivity contribution in [1.29, 1.82) is 0 Å². The van der Waals surface area contributed by atoms with E-state index in [9.17, 15) is 5.11 Å². The van der Waals surface area contributed by atoms with E-state index in [0.717, 1.165) is 63.0 Å². The molecule has 37 heavy (non-hydrogen) atoms. The fourth-order valence-corrected chi connectivity index (χ4v) is 5.57. The van der Waals surface area contributed by atoms with E-state index in [1.54, 1.807) is 6.07 Å². The highest BCUT2D eigenvalue weighted by Crippen LogP contribution is 2.36. The zero-order valence-electron chi connectivity index (χ0n) is 21.1. The molecule has 8 heteroatoms. The minimum Gasteiger partial charge on any atom is -0.507 e. The lowest BCUT2D eigenvalue weighted by Gasteiger charge is -2.46. The Hall–Kier alpha value is -3.83. The van der Waals surface area contributed by atoms with Crippen LogP contribution in [0.25, 0.3) is 11.3 Å². The Bertz CT molecular complexity index is 1310. The molecule has 0 aliphatic carbocycles. The van der Waals surface area contributed by atoms with Crippen molar-refractivity contribution in [1.82, 2.24) is 20.1 Å². The molecule has 1 atom stereocenters. The monoisotopic (exact) mass is 495 g/mol. The second-order valence-corrected chi connectivity index (χ2v) is 10.0. The number of rotatable bonds is 3. The van der Waals surface area contributed by atoms with Gasteiger partial charge in [-0.3, -0.25) is 4.90 Å². The molecule has 3 aliphatic heterocycles. The fourth-order valence-electron chi connectivity index (χ4n) is 5.57. The zero-order valence-corrected chi connectivity index (χ0v) is 21.1. The van der Waals surface area contributed by atoms with Gasteiger partial charge in [-0.2, -0.15) is 0 Å². The normalized spacial score (nSPS) is 19.6. The fraction of sp³-hybridized carbons (Fsp3) is 0.414. The van der Waals surface area contributed by atoms with Crippen molar-refractivity contribution in [3.8, 4) is 28.8 Å². The van der Waals surface area contributed by atoms with Gasteiger partial charge in [0.05, 0.1) is 24.0 Å². The maximum absolute atomic E-state index is 10.3. The molecule has 1 aromatic carbocycles. The van der Waals surface area contributed by atoms with E-state index in [-0.39, 0.29) is 5.75 Å². The average molecular weight is 496 g/mol. The number of likely N-dealkylation sites (tertiary alicyclic amines) is 1. The Morgan fingerprint density at radius 1 is 0.973 bits per heavy atom. The summed E-state index contributed by atoms with van der Waals surface area (Å²) in [5.74, 6) is 7.67. The number of benzene rings is 1. The number of aromatic nitrogens is 3. The Labute approximate surface area is 218 Å². The number of nitrogens with zero attached hydrogens (tertiary/aromatic N) is 6. The quantitative estimate of drug-likeness (QED) is 0.534. The number of para-hydroxylation sites is 1. The van der Waals surface area contributed by atoms with Gasteiger partial charge in [0.15, 0.2) is 5.82 Å². The van der Waals surface area contributed by atoms with Crippen molar-refractivity contribution < 1.29 is 5.11 Å². The maximum Gasteiger partial charge on any atom is 0.172 e. The minimum absolute atomic E-state index is 0.213. The first kappa shape index (κ1) is 23.6. The molecule has 0 bridgehead atoms. The molecular formula is C29H33N7O. The van der Waals surface area contributed by atoms with Crippen molar-refractivity contribution in [3.05, 3.63) is 54.4 Å². The molecular weight excluding hydrogens is 462 g/mol. The number of phenols is 1. The van der Waals surface area contributed by atoms with Crippen LogP contribution in [0.3, 0.4) is 0 Å². The third kappa shape index (κ3) is 5.18. The molecule has 2 aromatic heterocycles. The molecule has 6 rings (SSSR count). The summed E-state index contributed by atoms with van der Waals surface area (Å²) in [5.41, 5.74) is 4.42. The van der Waals surface area contributed by atoms with Crippen LogP contribution in [0, 0.1) is 11.8 Å². The van der Waals surface area contributed by atoms with E-state index in [1.807, 2.05) is 30.5 Å². The molecule has 2 saturated heterocycles. The summed E-state index contributed by atoms with van der Waals surface area (Å²) < 4.78 is 0. The molecule has 0 saturated carbocycles. The van der Waals surface area contributed by atoms with Crippen LogP contribution in [0.4, 0.5) is 17.2 Å². The summed E-state index contributed by atoms with van der Waals surface area (Å²) in [6.07, 6.45) is 7.12. The maximum atomic E-state index is 10.3. The van der Waals surface area contributed by atoms with Gasteiger partial charge in [0.25, 0.3) is 0 Å². The van der Waals surface area contributed by atoms with Crippen molar-refractivity contribution in [3.63, 3.8) is 0 Å². The third-order valence-corrected chi connectivity index (χ3v) is 7.58. The first-order chi connectivity index (χ1) is 18.2. The van der Waals surface area contributed by atoms with Gasteiger partial charge in [0.1, 0.15) is 11.4 Å². The predicted octanol–water partition coefficient (Wildman–Crippen LogP) is 3.59. The van der Waals surface area contributed by atoms with Crippen LogP contribution in [0.2, 0.25) is 0 Å². The smallest absolute Gasteiger partial charge is 0.172 e. The Morgan fingerprint density at radius 2 is 1.84 bits per heavy atom. The summed E-state index contributed by atoms with van der Waals surface area (Å²) in [4.78, 5) is 11.8. The molecule has 2 fully saturated rings. The molecule has 2 N–H and O–H groups in total. The Kier molecular flexibility index (Phi) is 6.78. The lowest BCUT2D eigenvalue weighted by Crippen LogP contribution is -2.58. The molecule has 190 valence electrons. The summed E-state index contributed by atoms with van der Waals surface area (Å²) in [6, 6.07) is 13.8. The van der Waals surface area contributed by atoms with E-state index in [2.05, 4.69) is 59.2 Å². The van der Waals surface area contributed by atoms with Crippen LogP contribution in [0.1, 0.15) is 31.4 Å². The van der Waals surface area contributed by atoms with Gasteiger partial charge in [-0.05, 0) is 62.2 Å². The summed E-state index contributed by atoms with van der Waals surface area (Å²) in [6.45, 7) is 6.62. The minimum atomic E-state index is 0.213. The first-order valence-corrected chi connectivity index (χ1v) is 13.3. The largest absolute Gasteiger partial charge is 0.507 e. The highest BCUT2D eigenvalue weighted by molar-refractivity contribution is 5.77. The van der Waals surface area contributed by atoms with Crippen molar-refractivity contribution >= 4 is 17.2 Å². The lowest BCUT2D eigenvalue weighted by molar-refractivity contribution is 0.320. The summed E-state index contributed by atoms with van der Waals surface area (Å²) in [7, 11) is 0. The Balaban J connectivity index is 1.15. The topological polar surface area (TPSA) is 80.7 Å². The number of anilines is 3. The van der Waals surface area contributed by atoms with Crippen LogP contribution in [0.5, 0.6) is 5.75 Å². The van der Waals surface area contributed by atoms with Gasteiger partial charge in [-0.1, -0.05) is 30.9 Å². The van der Waals surface area contributed by atoms with Gasteiger partial charge < -0.3 is 20.2 Å². The van der Waals surface area contributed by atoms with Crippen LogP contribution in [-0.4, -0.2) is 77.0 Å². The standard InChI is InChI=1S/C29H33N7O/c37-28-10-4-3-9-25(28)26-19-27-29(33-32-26)31-20-24-21-35(16-17-36(24)27)23-11-12-30-22(18-23)8-7-15-34-13-5-1-2-6-14-34/h3-4,9-12,18-19,24,37H,1-2,5-6,13-17,20-21H2,(H,31,33). The first-order valence-electron chi connectivity index (χ1n) is 13.3. The molecule has 8 nitrogen and oxygen atoms in total. The van der Waals surface area contributed by atoms with E-state index in [0.29, 0.717) is 17.3 Å². The highest BCUT2D eigenvalue weighted by atomic mass is 16.3. The van der Waals surface area contributed by atoms with Crippen molar-refractivity contribution in [2.45, 2.75) is 31.7 Å². The van der Waals surface area contributed by atoms with E-state index in [4.69, 9.17) is 0 Å². The van der Waals surface area contributed by atoms with Crippen molar-refractivity contribution in [2.24, 2.45) is 0 Å². The van der Waals surface area contributed by atoms with E-state index in [1.165, 1.54) is 31.4 Å². The number of phenolic OH excluding ortho intramolecular Hbond substituents is 1. The molecule has 0 spiro atoms. The number of pyridine rings is 1. The molecule has 1 unspecified atom stereocenters. The number of piperazine rings is 1. The van der Waals surface area contributed by atoms with Crippen LogP contribution in [-0.2, 0) is 0 Å². The van der Waals surface area contributed by atoms with Crippen molar-refractivity contribution in [2.75, 3.05) is 60.9 Å². The summed E-state index contributed by atoms with van der Waals surface area (Å²) >= 11 is 0. The van der Waals surface area contributed by atoms with E-state index < -0.39 is 0 Å². The number of fused-ring (bicyclic) bond motifs is 3. The summed E-state index contributed by atoms with van der Waals surface area (Å²) in [5, 5.41) is 22.5. The number of aromatic hydroxyl groups is 1. The number of nitrogens with one attached hydrogen (secondary N) is 1. The van der Waals surface area contributed by atoms with E-state index >= 15 is 0 Å².